The molecule has 1 aromatic heterocycles. The molecule has 6 heteroatoms. The van der Waals surface area contributed by atoms with Crippen LogP contribution in [0, 0.1) is 0 Å². The third kappa shape index (κ3) is 2.48. The standard InChI is InChI=1S/C11H17N3O3/c1-13-9(5-10(15)14(2)11(13)16)6-12-8-3-4-17-7-8/h5,8,12H,3-4,6-7H2,1-2H3. The molecule has 1 aliphatic heterocycles. The predicted octanol–water partition coefficient (Wildman–Crippen LogP) is -1.04. The molecule has 2 rings (SSSR count). The molecular formula is C11H17N3O3. The molecule has 0 amide bonds. The maximum absolute atomic E-state index is 11.7. The monoisotopic (exact) mass is 239 g/mol. The van der Waals surface area contributed by atoms with Gasteiger partial charge in [-0.3, -0.25) is 13.9 Å². The first-order valence-electron chi connectivity index (χ1n) is 5.66. The molecule has 0 bridgehead atoms. The number of aromatic nitrogens is 2. The molecule has 1 aliphatic rings. The van der Waals surface area contributed by atoms with Crippen LogP contribution in [0.15, 0.2) is 15.7 Å². The Labute approximate surface area is 98.8 Å². The van der Waals surface area contributed by atoms with Gasteiger partial charge in [-0.05, 0) is 6.42 Å². The van der Waals surface area contributed by atoms with E-state index in [0.29, 0.717) is 24.9 Å². The van der Waals surface area contributed by atoms with E-state index in [0.717, 1.165) is 17.6 Å². The minimum atomic E-state index is -0.294. The van der Waals surface area contributed by atoms with Gasteiger partial charge in [0.05, 0.1) is 6.61 Å². The van der Waals surface area contributed by atoms with Crippen molar-refractivity contribution in [3.63, 3.8) is 0 Å². The number of hydrogen-bond donors (Lipinski definition) is 1. The molecule has 17 heavy (non-hydrogen) atoms. The number of nitrogens with one attached hydrogen (secondary N) is 1. The summed E-state index contributed by atoms with van der Waals surface area (Å²) >= 11 is 0. The second-order valence-corrected chi connectivity index (χ2v) is 4.32. The van der Waals surface area contributed by atoms with E-state index in [2.05, 4.69) is 5.32 Å². The Morgan fingerprint density at radius 1 is 1.41 bits per heavy atom. The summed E-state index contributed by atoms with van der Waals surface area (Å²) in [6, 6.07) is 1.80. The average Bonchev–Trinajstić information content (AvgIpc) is 2.82. The van der Waals surface area contributed by atoms with E-state index in [-0.39, 0.29) is 11.2 Å². The first-order chi connectivity index (χ1) is 8.09. The van der Waals surface area contributed by atoms with Crippen molar-refractivity contribution in [2.24, 2.45) is 14.1 Å². The number of hydrogen-bond acceptors (Lipinski definition) is 4. The average molecular weight is 239 g/mol. The lowest BCUT2D eigenvalue weighted by Gasteiger charge is -2.13. The highest BCUT2D eigenvalue weighted by Gasteiger charge is 2.15. The lowest BCUT2D eigenvalue weighted by Crippen LogP contribution is -2.40. The molecule has 0 aromatic carbocycles. The molecule has 0 radical (unpaired) electrons. The smallest absolute Gasteiger partial charge is 0.330 e. The fourth-order valence-electron chi connectivity index (χ4n) is 1.89. The second-order valence-electron chi connectivity index (χ2n) is 4.32. The van der Waals surface area contributed by atoms with Crippen molar-refractivity contribution in [2.75, 3.05) is 13.2 Å². The first kappa shape index (κ1) is 12.1. The van der Waals surface area contributed by atoms with Crippen molar-refractivity contribution in [2.45, 2.75) is 19.0 Å². The molecule has 1 atom stereocenters. The van der Waals surface area contributed by atoms with Crippen LogP contribution in [0.25, 0.3) is 0 Å². The van der Waals surface area contributed by atoms with Gasteiger partial charge in [0.15, 0.2) is 0 Å². The Kier molecular flexibility index (Phi) is 3.44. The molecule has 0 aliphatic carbocycles. The molecule has 1 N–H and O–H groups in total. The third-order valence-electron chi connectivity index (χ3n) is 3.13. The maximum atomic E-state index is 11.7. The van der Waals surface area contributed by atoms with Gasteiger partial charge in [0, 0.05) is 45.0 Å². The summed E-state index contributed by atoms with van der Waals surface area (Å²) in [5.41, 5.74) is 0.134. The van der Waals surface area contributed by atoms with Crippen LogP contribution in [0.5, 0.6) is 0 Å². The van der Waals surface area contributed by atoms with Crippen LogP contribution < -0.4 is 16.6 Å². The van der Waals surface area contributed by atoms with Gasteiger partial charge in [-0.25, -0.2) is 4.79 Å². The van der Waals surface area contributed by atoms with E-state index in [1.165, 1.54) is 17.7 Å². The predicted molar refractivity (Wildman–Crippen MR) is 63.0 cm³/mol. The van der Waals surface area contributed by atoms with Gasteiger partial charge in [-0.2, -0.15) is 0 Å². The molecule has 6 nitrogen and oxygen atoms in total. The van der Waals surface area contributed by atoms with Crippen molar-refractivity contribution >= 4 is 0 Å². The van der Waals surface area contributed by atoms with Crippen molar-refractivity contribution in [3.8, 4) is 0 Å². The molecule has 1 fully saturated rings. The van der Waals surface area contributed by atoms with E-state index in [1.807, 2.05) is 0 Å². The largest absolute Gasteiger partial charge is 0.380 e. The third-order valence-corrected chi connectivity index (χ3v) is 3.13. The van der Waals surface area contributed by atoms with Gasteiger partial charge in [0.1, 0.15) is 0 Å². The van der Waals surface area contributed by atoms with E-state index in [4.69, 9.17) is 4.74 Å². The van der Waals surface area contributed by atoms with E-state index in [1.54, 1.807) is 7.05 Å². The van der Waals surface area contributed by atoms with E-state index < -0.39 is 0 Å². The van der Waals surface area contributed by atoms with Crippen LogP contribution in [-0.2, 0) is 25.4 Å². The summed E-state index contributed by atoms with van der Waals surface area (Å²) in [4.78, 5) is 23.2. The zero-order valence-electron chi connectivity index (χ0n) is 10.1. The summed E-state index contributed by atoms with van der Waals surface area (Å²) in [7, 11) is 3.15. The number of nitrogens with zero attached hydrogens (tertiary/aromatic N) is 2. The van der Waals surface area contributed by atoms with Crippen molar-refractivity contribution < 1.29 is 4.74 Å². The molecule has 1 unspecified atom stereocenters. The Bertz CT molecular complexity index is 512. The zero-order valence-corrected chi connectivity index (χ0v) is 10.1. The number of ether oxygens (including phenoxy) is 1. The van der Waals surface area contributed by atoms with E-state index in [9.17, 15) is 9.59 Å². The topological polar surface area (TPSA) is 65.3 Å². The SMILES string of the molecule is Cn1c(CNC2CCOC2)cc(=O)n(C)c1=O. The Hall–Kier alpha value is -1.40. The van der Waals surface area contributed by atoms with Gasteiger partial charge >= 0.3 is 5.69 Å². The minimum absolute atomic E-state index is 0.271. The number of rotatable bonds is 3. The van der Waals surface area contributed by atoms with Gasteiger partial charge in [-0.1, -0.05) is 0 Å². The van der Waals surface area contributed by atoms with Crippen LogP contribution in [0.3, 0.4) is 0 Å². The van der Waals surface area contributed by atoms with E-state index >= 15 is 0 Å². The van der Waals surface area contributed by atoms with Gasteiger partial charge < -0.3 is 10.1 Å². The van der Waals surface area contributed by atoms with Crippen LogP contribution in [0.2, 0.25) is 0 Å². The molecule has 1 aromatic rings. The lowest BCUT2D eigenvalue weighted by atomic mass is 10.2. The molecule has 0 spiro atoms. The highest BCUT2D eigenvalue weighted by Crippen LogP contribution is 2.04. The summed E-state index contributed by atoms with van der Waals surface area (Å²) in [6.45, 7) is 1.97. The molecule has 94 valence electrons. The molecule has 0 saturated carbocycles. The summed E-state index contributed by atoms with van der Waals surface area (Å²) in [5.74, 6) is 0. The summed E-state index contributed by atoms with van der Waals surface area (Å²) in [5, 5.41) is 3.28. The normalized spacial score (nSPS) is 19.8. The highest BCUT2D eigenvalue weighted by molar-refractivity contribution is 5.02. The summed E-state index contributed by atoms with van der Waals surface area (Å²) in [6.07, 6.45) is 0.971. The van der Waals surface area contributed by atoms with Gasteiger partial charge in [-0.15, -0.1) is 0 Å². The molecular weight excluding hydrogens is 222 g/mol. The first-order valence-corrected chi connectivity index (χ1v) is 5.66. The molecule has 1 saturated heterocycles. The Morgan fingerprint density at radius 3 is 2.82 bits per heavy atom. The van der Waals surface area contributed by atoms with Crippen molar-refractivity contribution in [1.82, 2.24) is 14.5 Å². The van der Waals surface area contributed by atoms with Crippen molar-refractivity contribution in [3.05, 3.63) is 32.6 Å². The quantitative estimate of drug-likeness (QED) is 0.732. The summed E-state index contributed by atoms with van der Waals surface area (Å²) < 4.78 is 7.84. The van der Waals surface area contributed by atoms with Crippen LogP contribution in [0.1, 0.15) is 12.1 Å². The maximum Gasteiger partial charge on any atom is 0.330 e. The van der Waals surface area contributed by atoms with Gasteiger partial charge in [0.25, 0.3) is 5.56 Å². The second kappa shape index (κ2) is 4.85. The zero-order chi connectivity index (χ0) is 12.4. The Balaban J connectivity index is 2.15. The van der Waals surface area contributed by atoms with Crippen LogP contribution in [0.4, 0.5) is 0 Å². The minimum Gasteiger partial charge on any atom is -0.380 e. The lowest BCUT2D eigenvalue weighted by molar-refractivity contribution is 0.189. The fraction of sp³-hybridized carbons (Fsp3) is 0.636. The highest BCUT2D eigenvalue weighted by atomic mass is 16.5. The molecule has 2 heterocycles. The van der Waals surface area contributed by atoms with Crippen LogP contribution >= 0.6 is 0 Å². The van der Waals surface area contributed by atoms with Gasteiger partial charge in [0.2, 0.25) is 0 Å². The fourth-order valence-corrected chi connectivity index (χ4v) is 1.89. The van der Waals surface area contributed by atoms with Crippen LogP contribution in [-0.4, -0.2) is 28.4 Å². The van der Waals surface area contributed by atoms with Crippen molar-refractivity contribution in [1.29, 1.82) is 0 Å². The Morgan fingerprint density at radius 2 is 2.18 bits per heavy atom.